The summed E-state index contributed by atoms with van der Waals surface area (Å²) >= 11 is 0. The first-order chi connectivity index (χ1) is 11.3. The Morgan fingerprint density at radius 2 is 1.96 bits per heavy atom. The lowest BCUT2D eigenvalue weighted by Crippen LogP contribution is -2.43. The van der Waals surface area contributed by atoms with E-state index in [0.717, 1.165) is 33.9 Å². The zero-order valence-corrected chi connectivity index (χ0v) is 13.3. The Morgan fingerprint density at radius 1 is 1.17 bits per heavy atom. The summed E-state index contributed by atoms with van der Waals surface area (Å²) in [7, 11) is 0. The van der Waals surface area contributed by atoms with Crippen molar-refractivity contribution in [2.45, 2.75) is 32.0 Å². The summed E-state index contributed by atoms with van der Waals surface area (Å²) in [4.78, 5) is 7.53. The third kappa shape index (κ3) is 2.25. The number of aryl methyl sites for hydroxylation is 1. The van der Waals surface area contributed by atoms with Crippen LogP contribution in [0.3, 0.4) is 0 Å². The van der Waals surface area contributed by atoms with Crippen molar-refractivity contribution in [3.63, 3.8) is 0 Å². The summed E-state index contributed by atoms with van der Waals surface area (Å²) in [6.45, 7) is 3.98. The van der Waals surface area contributed by atoms with Gasteiger partial charge in [-0.25, -0.2) is 4.98 Å². The highest BCUT2D eigenvalue weighted by molar-refractivity contribution is 5.81. The molecule has 2 aromatic heterocycles. The summed E-state index contributed by atoms with van der Waals surface area (Å²) in [6, 6.07) is 7.92. The molecule has 1 atom stereocenters. The molecule has 0 fully saturated rings. The number of aromatic amines is 1. The van der Waals surface area contributed by atoms with Crippen molar-refractivity contribution in [1.82, 2.24) is 9.97 Å². The van der Waals surface area contributed by atoms with Crippen molar-refractivity contribution in [2.75, 3.05) is 5.32 Å². The lowest BCUT2D eigenvalue weighted by atomic mass is 9.77. The Kier molecular flexibility index (Phi) is 2.98. The normalized spacial score (nSPS) is 19.7. The van der Waals surface area contributed by atoms with Crippen molar-refractivity contribution in [1.29, 1.82) is 0 Å². The molecule has 1 aromatic carbocycles. The average molecular weight is 331 g/mol. The number of rotatable bonds is 2. The fraction of sp³-hybridized carbons (Fsp3) is 0.278. The number of halogens is 3. The highest BCUT2D eigenvalue weighted by Crippen LogP contribution is 2.46. The number of fused-ring (bicyclic) bond motifs is 2. The monoisotopic (exact) mass is 331 g/mol. The first-order valence-electron chi connectivity index (χ1n) is 7.69. The third-order valence-corrected chi connectivity index (χ3v) is 4.65. The molecule has 4 rings (SSSR count). The molecule has 0 saturated carbocycles. The van der Waals surface area contributed by atoms with Gasteiger partial charge in [-0.05, 0) is 43.7 Å². The summed E-state index contributed by atoms with van der Waals surface area (Å²) in [6.07, 6.45) is -1.88. The summed E-state index contributed by atoms with van der Waals surface area (Å²) in [5.41, 5.74) is 3.45. The van der Waals surface area contributed by atoms with Crippen molar-refractivity contribution < 1.29 is 13.2 Å². The number of H-pyrrole nitrogens is 1. The summed E-state index contributed by atoms with van der Waals surface area (Å²) in [5.74, 6) is 0. The van der Waals surface area contributed by atoms with E-state index in [4.69, 9.17) is 0 Å². The van der Waals surface area contributed by atoms with E-state index < -0.39 is 11.7 Å². The van der Waals surface area contributed by atoms with Gasteiger partial charge in [0.15, 0.2) is 0 Å². The molecule has 1 aliphatic heterocycles. The zero-order chi connectivity index (χ0) is 17.1. The van der Waals surface area contributed by atoms with Gasteiger partial charge in [-0.2, -0.15) is 13.2 Å². The molecule has 2 N–H and O–H groups in total. The summed E-state index contributed by atoms with van der Waals surface area (Å²) < 4.78 is 38.4. The molecule has 1 unspecified atom stereocenters. The van der Waals surface area contributed by atoms with Gasteiger partial charge in [0.1, 0.15) is 5.65 Å². The molecule has 0 amide bonds. The van der Waals surface area contributed by atoms with Gasteiger partial charge >= 0.3 is 6.18 Å². The first kappa shape index (κ1) is 15.1. The molecule has 24 heavy (non-hydrogen) atoms. The number of aromatic nitrogens is 2. The van der Waals surface area contributed by atoms with Gasteiger partial charge in [-0.15, -0.1) is 0 Å². The average Bonchev–Trinajstić information content (AvgIpc) is 2.86. The fourth-order valence-electron chi connectivity index (χ4n) is 3.49. The van der Waals surface area contributed by atoms with Crippen LogP contribution in [0.15, 0.2) is 36.5 Å². The molecule has 0 aliphatic carbocycles. The quantitative estimate of drug-likeness (QED) is 0.710. The smallest absolute Gasteiger partial charge is 0.375 e. The molecule has 3 aromatic rings. The second-order valence-corrected chi connectivity index (χ2v) is 6.58. The van der Waals surface area contributed by atoms with Gasteiger partial charge < -0.3 is 10.3 Å². The maximum Gasteiger partial charge on any atom is 0.416 e. The second-order valence-electron chi connectivity index (χ2n) is 6.58. The highest BCUT2D eigenvalue weighted by Gasteiger charge is 2.40. The summed E-state index contributed by atoms with van der Waals surface area (Å²) in [5, 5.41) is 4.26. The lowest BCUT2D eigenvalue weighted by molar-refractivity contribution is -0.137. The number of hydrogen-bond donors (Lipinski definition) is 2. The second kappa shape index (κ2) is 4.75. The predicted octanol–water partition coefficient (Wildman–Crippen LogP) is 4.77. The van der Waals surface area contributed by atoms with Crippen LogP contribution < -0.4 is 5.32 Å². The van der Waals surface area contributed by atoms with E-state index in [2.05, 4.69) is 15.3 Å². The standard InChI is InChI=1S/C18H16F3N3/c1-10-7-13-11(5-6-22-16(13)23-10)9-17(2)14-4-3-12(18(19,20)21)8-15(14)24-17/h3-8,24H,9H2,1-2H3,(H,22,23). The molecule has 0 radical (unpaired) electrons. The Bertz CT molecular complexity index is 942. The zero-order valence-electron chi connectivity index (χ0n) is 13.3. The topological polar surface area (TPSA) is 40.7 Å². The van der Waals surface area contributed by atoms with Crippen molar-refractivity contribution in [3.05, 3.63) is 58.9 Å². The minimum Gasteiger partial charge on any atom is -0.375 e. The number of anilines is 1. The van der Waals surface area contributed by atoms with E-state index in [9.17, 15) is 13.2 Å². The van der Waals surface area contributed by atoms with Crippen LogP contribution in [0.25, 0.3) is 11.0 Å². The SMILES string of the molecule is Cc1cc2c(CC3(C)Nc4cc(C(F)(F)F)ccc43)ccnc2[nH]1. The molecular formula is C18H16F3N3. The van der Waals surface area contributed by atoms with Gasteiger partial charge in [-0.1, -0.05) is 6.07 Å². The molecule has 3 heterocycles. The van der Waals surface area contributed by atoms with Crippen LogP contribution in [0.2, 0.25) is 0 Å². The molecule has 6 heteroatoms. The van der Waals surface area contributed by atoms with E-state index in [-0.39, 0.29) is 5.54 Å². The van der Waals surface area contributed by atoms with Crippen molar-refractivity contribution in [2.24, 2.45) is 0 Å². The molecule has 0 saturated heterocycles. The minimum atomic E-state index is -4.32. The van der Waals surface area contributed by atoms with Crippen LogP contribution in [0, 0.1) is 6.92 Å². The minimum absolute atomic E-state index is 0.376. The van der Waals surface area contributed by atoms with E-state index in [0.29, 0.717) is 12.1 Å². The van der Waals surface area contributed by atoms with Gasteiger partial charge in [0.05, 0.1) is 11.1 Å². The maximum absolute atomic E-state index is 12.8. The number of alkyl halides is 3. The largest absolute Gasteiger partial charge is 0.416 e. The highest BCUT2D eigenvalue weighted by atomic mass is 19.4. The Balaban J connectivity index is 1.68. The van der Waals surface area contributed by atoms with Crippen LogP contribution in [0.5, 0.6) is 0 Å². The third-order valence-electron chi connectivity index (χ3n) is 4.65. The molecule has 124 valence electrons. The van der Waals surface area contributed by atoms with Crippen LogP contribution in [0.4, 0.5) is 18.9 Å². The van der Waals surface area contributed by atoms with Crippen LogP contribution in [-0.2, 0) is 18.1 Å². The molecular weight excluding hydrogens is 315 g/mol. The van der Waals surface area contributed by atoms with E-state index in [1.165, 1.54) is 6.07 Å². The van der Waals surface area contributed by atoms with Crippen LogP contribution in [-0.4, -0.2) is 9.97 Å². The van der Waals surface area contributed by atoms with Gasteiger partial charge in [-0.3, -0.25) is 0 Å². The fourth-order valence-corrected chi connectivity index (χ4v) is 3.49. The Labute approximate surface area is 136 Å². The predicted molar refractivity (Wildman–Crippen MR) is 87.0 cm³/mol. The van der Waals surface area contributed by atoms with Gasteiger partial charge in [0.25, 0.3) is 0 Å². The first-order valence-corrected chi connectivity index (χ1v) is 7.69. The number of nitrogens with one attached hydrogen (secondary N) is 2. The van der Waals surface area contributed by atoms with Gasteiger partial charge in [0.2, 0.25) is 0 Å². The molecule has 1 aliphatic rings. The van der Waals surface area contributed by atoms with Crippen LogP contribution >= 0.6 is 0 Å². The number of benzene rings is 1. The van der Waals surface area contributed by atoms with Crippen molar-refractivity contribution in [3.8, 4) is 0 Å². The number of hydrogen-bond acceptors (Lipinski definition) is 2. The van der Waals surface area contributed by atoms with Gasteiger partial charge in [0, 0.05) is 34.9 Å². The van der Waals surface area contributed by atoms with E-state index in [1.807, 2.05) is 26.0 Å². The van der Waals surface area contributed by atoms with E-state index in [1.54, 1.807) is 12.3 Å². The van der Waals surface area contributed by atoms with Crippen LogP contribution in [0.1, 0.15) is 29.3 Å². The number of pyridine rings is 1. The van der Waals surface area contributed by atoms with E-state index >= 15 is 0 Å². The molecule has 0 bridgehead atoms. The van der Waals surface area contributed by atoms with Crippen molar-refractivity contribution >= 4 is 16.7 Å². The maximum atomic E-state index is 12.8. The number of nitrogens with zero attached hydrogens (tertiary/aromatic N) is 1. The molecule has 3 nitrogen and oxygen atoms in total. The Morgan fingerprint density at radius 3 is 2.67 bits per heavy atom. The molecule has 0 spiro atoms. The Hall–Kier alpha value is -2.50. The lowest BCUT2D eigenvalue weighted by Gasteiger charge is -2.44.